The summed E-state index contributed by atoms with van der Waals surface area (Å²) < 4.78 is 0. The largest absolute Gasteiger partial charge is 0.341 e. The van der Waals surface area contributed by atoms with Gasteiger partial charge in [0.15, 0.2) is 0 Å². The highest BCUT2D eigenvalue weighted by atomic mass is 16.2. The molecule has 3 heteroatoms. The van der Waals surface area contributed by atoms with E-state index in [2.05, 4.69) is 24.3 Å². The molecule has 1 amide bonds. The third-order valence-electron chi connectivity index (χ3n) is 3.84. The molecule has 1 aromatic carbocycles. The lowest BCUT2D eigenvalue weighted by molar-refractivity contribution is -0.135. The molecule has 0 saturated carbocycles. The van der Waals surface area contributed by atoms with Gasteiger partial charge in [0.25, 0.3) is 0 Å². The van der Waals surface area contributed by atoms with Gasteiger partial charge in [-0.1, -0.05) is 30.3 Å². The monoisotopic (exact) mass is 260 g/mol. The van der Waals surface area contributed by atoms with Crippen LogP contribution in [0.25, 0.3) is 0 Å². The van der Waals surface area contributed by atoms with Crippen LogP contribution in [0.15, 0.2) is 30.3 Å². The molecule has 1 aromatic rings. The first kappa shape index (κ1) is 14.1. The maximum Gasteiger partial charge on any atom is 0.242 e. The van der Waals surface area contributed by atoms with Crippen molar-refractivity contribution in [2.45, 2.75) is 44.6 Å². The summed E-state index contributed by atoms with van der Waals surface area (Å²) in [4.78, 5) is 14.1. The standard InChI is InChI=1S/C16H24N2O/c1-16(2,17)15(19)18-11-6-9-14(10-12-18)13-7-4-3-5-8-13/h3-5,7-8,14H,6,9-12,17H2,1-2H3. The number of likely N-dealkylation sites (tertiary alicyclic amines) is 1. The van der Waals surface area contributed by atoms with Crippen LogP contribution in [0.3, 0.4) is 0 Å². The summed E-state index contributed by atoms with van der Waals surface area (Å²) in [6.45, 7) is 5.23. The van der Waals surface area contributed by atoms with Gasteiger partial charge in [-0.25, -0.2) is 0 Å². The van der Waals surface area contributed by atoms with Crippen molar-refractivity contribution in [3.05, 3.63) is 35.9 Å². The van der Waals surface area contributed by atoms with E-state index < -0.39 is 5.54 Å². The number of rotatable bonds is 2. The Morgan fingerprint density at radius 1 is 1.21 bits per heavy atom. The van der Waals surface area contributed by atoms with Gasteiger partial charge in [-0.3, -0.25) is 4.79 Å². The Morgan fingerprint density at radius 3 is 2.53 bits per heavy atom. The number of carbonyl (C=O) groups excluding carboxylic acids is 1. The Balaban J connectivity index is 2.01. The maximum absolute atomic E-state index is 12.2. The minimum absolute atomic E-state index is 0.0706. The zero-order valence-electron chi connectivity index (χ0n) is 11.9. The lowest BCUT2D eigenvalue weighted by atomic mass is 9.92. The van der Waals surface area contributed by atoms with E-state index in [0.29, 0.717) is 5.92 Å². The second-order valence-electron chi connectivity index (χ2n) is 6.05. The van der Waals surface area contributed by atoms with Crippen LogP contribution in [0.4, 0.5) is 0 Å². The molecule has 0 spiro atoms. The molecule has 1 saturated heterocycles. The maximum atomic E-state index is 12.2. The van der Waals surface area contributed by atoms with Crippen LogP contribution in [-0.4, -0.2) is 29.4 Å². The van der Waals surface area contributed by atoms with E-state index in [9.17, 15) is 4.79 Å². The summed E-state index contributed by atoms with van der Waals surface area (Å²) in [6.07, 6.45) is 3.24. The number of carbonyl (C=O) groups is 1. The van der Waals surface area contributed by atoms with Gasteiger partial charge in [0.1, 0.15) is 0 Å². The Bertz CT molecular complexity index is 422. The fraction of sp³-hybridized carbons (Fsp3) is 0.562. The van der Waals surface area contributed by atoms with E-state index >= 15 is 0 Å². The molecule has 1 heterocycles. The number of benzene rings is 1. The Labute approximate surface area is 115 Å². The van der Waals surface area contributed by atoms with Crippen molar-refractivity contribution < 1.29 is 4.79 Å². The number of hydrogen-bond donors (Lipinski definition) is 1. The van der Waals surface area contributed by atoms with Crippen molar-refractivity contribution in [1.29, 1.82) is 0 Å². The highest BCUT2D eigenvalue weighted by molar-refractivity contribution is 5.85. The second-order valence-corrected chi connectivity index (χ2v) is 6.05. The molecule has 1 fully saturated rings. The highest BCUT2D eigenvalue weighted by Gasteiger charge is 2.29. The second kappa shape index (κ2) is 5.74. The molecule has 0 radical (unpaired) electrons. The van der Waals surface area contributed by atoms with Gasteiger partial charge in [-0.15, -0.1) is 0 Å². The molecule has 3 nitrogen and oxygen atoms in total. The molecule has 0 aliphatic carbocycles. The Morgan fingerprint density at radius 2 is 1.89 bits per heavy atom. The summed E-state index contributed by atoms with van der Waals surface area (Å²) in [7, 11) is 0. The molecule has 2 rings (SSSR count). The van der Waals surface area contributed by atoms with Gasteiger partial charge in [0, 0.05) is 13.1 Å². The summed E-state index contributed by atoms with van der Waals surface area (Å²) in [5, 5.41) is 0. The van der Waals surface area contributed by atoms with E-state index in [1.807, 2.05) is 11.0 Å². The average molecular weight is 260 g/mol. The van der Waals surface area contributed by atoms with Gasteiger partial charge in [0.2, 0.25) is 5.91 Å². The predicted molar refractivity (Wildman–Crippen MR) is 77.9 cm³/mol. The van der Waals surface area contributed by atoms with Gasteiger partial charge >= 0.3 is 0 Å². The predicted octanol–water partition coefficient (Wildman–Crippen LogP) is 2.52. The van der Waals surface area contributed by atoms with Crippen molar-refractivity contribution in [2.24, 2.45) is 5.73 Å². The zero-order valence-corrected chi connectivity index (χ0v) is 11.9. The van der Waals surface area contributed by atoms with Crippen LogP contribution in [0, 0.1) is 0 Å². The molecule has 0 bridgehead atoms. The van der Waals surface area contributed by atoms with Gasteiger partial charge in [0.05, 0.1) is 5.54 Å². The quantitative estimate of drug-likeness (QED) is 0.888. The summed E-state index contributed by atoms with van der Waals surface area (Å²) in [5.74, 6) is 0.640. The first-order chi connectivity index (χ1) is 8.98. The van der Waals surface area contributed by atoms with Gasteiger partial charge in [-0.05, 0) is 44.6 Å². The van der Waals surface area contributed by atoms with Crippen molar-refractivity contribution in [3.8, 4) is 0 Å². The summed E-state index contributed by atoms with van der Waals surface area (Å²) in [6, 6.07) is 10.6. The lowest BCUT2D eigenvalue weighted by Crippen LogP contribution is -2.51. The van der Waals surface area contributed by atoms with Crippen molar-refractivity contribution in [3.63, 3.8) is 0 Å². The van der Waals surface area contributed by atoms with Crippen LogP contribution >= 0.6 is 0 Å². The topological polar surface area (TPSA) is 46.3 Å². The molecule has 1 unspecified atom stereocenters. The third kappa shape index (κ3) is 3.57. The highest BCUT2D eigenvalue weighted by Crippen LogP contribution is 2.28. The number of nitrogens with two attached hydrogens (primary N) is 1. The first-order valence-corrected chi connectivity index (χ1v) is 7.11. The normalized spacial score (nSPS) is 21.0. The minimum atomic E-state index is -0.757. The van der Waals surface area contributed by atoms with Crippen LogP contribution in [0.5, 0.6) is 0 Å². The molecular weight excluding hydrogens is 236 g/mol. The summed E-state index contributed by atoms with van der Waals surface area (Å²) >= 11 is 0. The van der Waals surface area contributed by atoms with Crippen LogP contribution in [0.2, 0.25) is 0 Å². The molecule has 104 valence electrons. The van der Waals surface area contributed by atoms with E-state index in [4.69, 9.17) is 5.73 Å². The molecule has 1 atom stereocenters. The summed E-state index contributed by atoms with van der Waals surface area (Å²) in [5.41, 5.74) is 6.55. The SMILES string of the molecule is CC(C)(N)C(=O)N1CCCC(c2ccccc2)CC1. The van der Waals surface area contributed by atoms with E-state index in [1.165, 1.54) is 5.56 Å². The molecule has 1 aliphatic rings. The van der Waals surface area contributed by atoms with E-state index in [1.54, 1.807) is 13.8 Å². The molecule has 1 aliphatic heterocycles. The van der Waals surface area contributed by atoms with Crippen LogP contribution in [-0.2, 0) is 4.79 Å². The number of amides is 1. The van der Waals surface area contributed by atoms with Gasteiger partial charge in [-0.2, -0.15) is 0 Å². The van der Waals surface area contributed by atoms with Gasteiger partial charge < -0.3 is 10.6 Å². The zero-order chi connectivity index (χ0) is 13.9. The smallest absolute Gasteiger partial charge is 0.242 e. The fourth-order valence-corrected chi connectivity index (χ4v) is 2.77. The third-order valence-corrected chi connectivity index (χ3v) is 3.84. The molecular formula is C16H24N2O. The Hall–Kier alpha value is -1.35. The minimum Gasteiger partial charge on any atom is -0.341 e. The van der Waals surface area contributed by atoms with Crippen molar-refractivity contribution in [1.82, 2.24) is 4.90 Å². The van der Waals surface area contributed by atoms with E-state index in [-0.39, 0.29) is 5.91 Å². The molecule has 2 N–H and O–H groups in total. The van der Waals surface area contributed by atoms with Crippen molar-refractivity contribution in [2.75, 3.05) is 13.1 Å². The average Bonchev–Trinajstić information content (AvgIpc) is 2.63. The van der Waals surface area contributed by atoms with Crippen molar-refractivity contribution >= 4 is 5.91 Å². The Kier molecular flexibility index (Phi) is 4.25. The van der Waals surface area contributed by atoms with Crippen LogP contribution < -0.4 is 5.73 Å². The first-order valence-electron chi connectivity index (χ1n) is 7.11. The lowest BCUT2D eigenvalue weighted by Gasteiger charge is -2.28. The fourth-order valence-electron chi connectivity index (χ4n) is 2.77. The van der Waals surface area contributed by atoms with Crippen LogP contribution in [0.1, 0.15) is 44.6 Å². The molecule has 19 heavy (non-hydrogen) atoms. The van der Waals surface area contributed by atoms with E-state index in [0.717, 1.165) is 32.4 Å². The molecule has 0 aromatic heterocycles. The number of hydrogen-bond acceptors (Lipinski definition) is 2. The number of nitrogens with zero attached hydrogens (tertiary/aromatic N) is 1.